The summed E-state index contributed by atoms with van der Waals surface area (Å²) in [4.78, 5) is 9.31. The Kier molecular flexibility index (Phi) is 7.50. The molecule has 9 nitrogen and oxygen atoms in total. The Labute approximate surface area is 238 Å². The van der Waals surface area contributed by atoms with E-state index < -0.39 is 8.32 Å². The van der Waals surface area contributed by atoms with Crippen molar-refractivity contribution >= 4 is 25.6 Å². The molecule has 40 heavy (non-hydrogen) atoms. The van der Waals surface area contributed by atoms with Crippen LogP contribution in [0.4, 0.5) is 17.3 Å². The lowest BCUT2D eigenvalue weighted by molar-refractivity contribution is 0.0657. The van der Waals surface area contributed by atoms with Crippen molar-refractivity contribution in [1.29, 1.82) is 5.26 Å². The zero-order valence-electron chi connectivity index (χ0n) is 24.8. The van der Waals surface area contributed by atoms with Crippen LogP contribution in [-0.4, -0.2) is 54.4 Å². The molecule has 212 valence electrons. The molecule has 3 aromatic rings. The molecular weight excluding hydrogens is 518 g/mol. The molecule has 2 aromatic heterocycles. The van der Waals surface area contributed by atoms with Gasteiger partial charge in [-0.05, 0) is 61.7 Å². The summed E-state index contributed by atoms with van der Waals surface area (Å²) in [6.45, 7) is 18.5. The molecule has 1 atom stereocenters. The summed E-state index contributed by atoms with van der Waals surface area (Å²) in [5.41, 5.74) is 5.94. The van der Waals surface area contributed by atoms with Crippen molar-refractivity contribution in [3.8, 4) is 17.3 Å². The first-order chi connectivity index (χ1) is 18.9. The van der Waals surface area contributed by atoms with Crippen LogP contribution in [0.5, 0.6) is 0 Å². The van der Waals surface area contributed by atoms with Crippen LogP contribution in [0.1, 0.15) is 63.4 Å². The quantitative estimate of drug-likeness (QED) is 0.324. The van der Waals surface area contributed by atoms with Crippen LogP contribution in [-0.2, 0) is 14.6 Å². The fourth-order valence-corrected chi connectivity index (χ4v) is 6.26. The van der Waals surface area contributed by atoms with Crippen LogP contribution >= 0.6 is 0 Å². The van der Waals surface area contributed by atoms with Crippen LogP contribution < -0.4 is 10.6 Å². The van der Waals surface area contributed by atoms with Crippen molar-refractivity contribution < 1.29 is 9.16 Å². The zero-order valence-corrected chi connectivity index (χ0v) is 25.8. The summed E-state index contributed by atoms with van der Waals surface area (Å²) in [7, 11) is -1.93. The van der Waals surface area contributed by atoms with Crippen molar-refractivity contribution in [2.24, 2.45) is 0 Å². The van der Waals surface area contributed by atoms with E-state index in [4.69, 9.17) is 14.1 Å². The van der Waals surface area contributed by atoms with Gasteiger partial charge in [-0.25, -0.2) is 9.97 Å². The molecule has 4 heterocycles. The van der Waals surface area contributed by atoms with Gasteiger partial charge in [0.25, 0.3) is 0 Å². The minimum absolute atomic E-state index is 0.127. The number of nitriles is 1. The van der Waals surface area contributed by atoms with E-state index in [0.29, 0.717) is 24.2 Å². The zero-order chi connectivity index (χ0) is 28.7. The van der Waals surface area contributed by atoms with Gasteiger partial charge in [-0.15, -0.1) is 0 Å². The maximum atomic E-state index is 10.0. The van der Waals surface area contributed by atoms with Gasteiger partial charge in [0, 0.05) is 43.5 Å². The molecule has 0 radical (unpaired) electrons. The van der Waals surface area contributed by atoms with E-state index in [1.165, 1.54) is 0 Å². The monoisotopic (exact) mass is 559 g/mol. The number of aromatic nitrogens is 4. The predicted molar refractivity (Wildman–Crippen MR) is 161 cm³/mol. The van der Waals surface area contributed by atoms with E-state index in [-0.39, 0.29) is 10.5 Å². The molecule has 2 aliphatic rings. The molecule has 1 aromatic carbocycles. The van der Waals surface area contributed by atoms with Crippen LogP contribution in [0, 0.1) is 18.3 Å². The molecule has 5 rings (SSSR count). The third kappa shape index (κ3) is 5.38. The molecule has 2 aliphatic heterocycles. The number of nitrogens with one attached hydrogen (secondary N) is 2. The standard InChI is InChI=1S/C30H41N7O2Si/c1-20-26(17-34-37(20)23-9-12-38-13-10-23)36-28-32-11-8-25(35-28)21-14-22(16-31)27-24(15-21)30(5,18-33-27)19-39-40(6,7)29(2,3)4/h8,11,14-15,17,23,33H,9-10,12-13,18-19H2,1-7H3,(H,32,35,36)/t30-/m1/s1. The normalized spacial score (nSPS) is 19.6. The van der Waals surface area contributed by atoms with Gasteiger partial charge < -0.3 is 19.8 Å². The Hall–Kier alpha value is -3.26. The topological polar surface area (TPSA) is 110 Å². The Morgan fingerprint density at radius 1 is 1.27 bits per heavy atom. The highest BCUT2D eigenvalue weighted by atomic mass is 28.4. The van der Waals surface area contributed by atoms with Gasteiger partial charge in [0.2, 0.25) is 5.95 Å². The fraction of sp³-hybridized carbons (Fsp3) is 0.533. The summed E-state index contributed by atoms with van der Waals surface area (Å²) in [6, 6.07) is 8.69. The number of fused-ring (bicyclic) bond motifs is 1. The number of nitrogens with zero attached hydrogens (tertiary/aromatic N) is 5. The Morgan fingerprint density at radius 2 is 2.02 bits per heavy atom. The van der Waals surface area contributed by atoms with E-state index >= 15 is 0 Å². The minimum Gasteiger partial charge on any atom is -0.416 e. The van der Waals surface area contributed by atoms with Crippen molar-refractivity contribution in [2.75, 3.05) is 37.0 Å². The van der Waals surface area contributed by atoms with Gasteiger partial charge in [-0.3, -0.25) is 4.68 Å². The minimum atomic E-state index is -1.93. The second-order valence-electron chi connectivity index (χ2n) is 12.8. The van der Waals surface area contributed by atoms with Crippen LogP contribution in [0.2, 0.25) is 18.1 Å². The molecule has 0 bridgehead atoms. The van der Waals surface area contributed by atoms with Gasteiger partial charge in [0.1, 0.15) is 6.07 Å². The molecule has 1 fully saturated rings. The van der Waals surface area contributed by atoms with Crippen LogP contribution in [0.15, 0.2) is 30.6 Å². The lowest BCUT2D eigenvalue weighted by atomic mass is 9.83. The molecule has 0 amide bonds. The van der Waals surface area contributed by atoms with E-state index in [9.17, 15) is 5.26 Å². The van der Waals surface area contributed by atoms with Crippen molar-refractivity contribution in [2.45, 2.75) is 77.0 Å². The largest absolute Gasteiger partial charge is 0.416 e. The van der Waals surface area contributed by atoms with Crippen molar-refractivity contribution in [3.63, 3.8) is 0 Å². The number of ether oxygens (including phenoxy) is 1. The van der Waals surface area contributed by atoms with Gasteiger partial charge in [0.05, 0.1) is 40.6 Å². The molecule has 0 saturated carbocycles. The van der Waals surface area contributed by atoms with E-state index in [2.05, 4.69) is 85.2 Å². The van der Waals surface area contributed by atoms with E-state index in [0.717, 1.165) is 66.5 Å². The Balaban J connectivity index is 1.42. The maximum absolute atomic E-state index is 10.0. The van der Waals surface area contributed by atoms with Gasteiger partial charge in [0.15, 0.2) is 8.32 Å². The Bertz CT molecular complexity index is 1430. The average molecular weight is 560 g/mol. The van der Waals surface area contributed by atoms with Gasteiger partial charge in [-0.1, -0.05) is 27.7 Å². The highest BCUT2D eigenvalue weighted by Gasteiger charge is 2.42. The third-order valence-corrected chi connectivity index (χ3v) is 13.4. The molecule has 10 heteroatoms. The lowest BCUT2D eigenvalue weighted by Gasteiger charge is -2.39. The fourth-order valence-electron chi connectivity index (χ4n) is 5.15. The number of anilines is 3. The summed E-state index contributed by atoms with van der Waals surface area (Å²) < 4.78 is 14.3. The second kappa shape index (κ2) is 10.6. The number of hydrogen-bond acceptors (Lipinski definition) is 8. The molecule has 0 spiro atoms. The lowest BCUT2D eigenvalue weighted by Crippen LogP contribution is -2.45. The SMILES string of the molecule is Cc1c(Nc2nccc(-c3cc(C#N)c4c(c3)[C@@](C)(CO[Si](C)(C)C(C)(C)C)CN4)n2)cnn1C1CCOCC1. The number of benzene rings is 1. The first-order valence-corrected chi connectivity index (χ1v) is 17.0. The summed E-state index contributed by atoms with van der Waals surface area (Å²) in [5.74, 6) is 0.494. The van der Waals surface area contributed by atoms with Crippen LogP contribution in [0.25, 0.3) is 11.3 Å². The predicted octanol–water partition coefficient (Wildman–Crippen LogP) is 6.32. The van der Waals surface area contributed by atoms with E-state index in [1.54, 1.807) is 6.20 Å². The first-order valence-electron chi connectivity index (χ1n) is 14.1. The molecular formula is C30H41N7O2Si. The summed E-state index contributed by atoms with van der Waals surface area (Å²) >= 11 is 0. The van der Waals surface area contributed by atoms with Gasteiger partial charge >= 0.3 is 0 Å². The summed E-state index contributed by atoms with van der Waals surface area (Å²) in [6.07, 6.45) is 5.51. The van der Waals surface area contributed by atoms with Crippen molar-refractivity contribution in [3.05, 3.63) is 47.4 Å². The second-order valence-corrected chi connectivity index (χ2v) is 17.7. The molecule has 2 N–H and O–H groups in total. The smallest absolute Gasteiger partial charge is 0.227 e. The molecule has 0 aliphatic carbocycles. The number of hydrogen-bond donors (Lipinski definition) is 2. The molecule has 0 unspecified atom stereocenters. The Morgan fingerprint density at radius 3 is 2.73 bits per heavy atom. The summed E-state index contributed by atoms with van der Waals surface area (Å²) in [5, 5.41) is 21.6. The van der Waals surface area contributed by atoms with Crippen LogP contribution in [0.3, 0.4) is 0 Å². The first kappa shape index (κ1) is 28.3. The van der Waals surface area contributed by atoms with E-state index in [1.807, 2.05) is 18.3 Å². The maximum Gasteiger partial charge on any atom is 0.227 e. The average Bonchev–Trinajstić information content (AvgIpc) is 3.47. The highest BCUT2D eigenvalue weighted by molar-refractivity contribution is 6.74. The molecule has 1 saturated heterocycles. The number of rotatable bonds is 7. The highest BCUT2D eigenvalue weighted by Crippen LogP contribution is 2.44. The third-order valence-electron chi connectivity index (χ3n) is 8.90. The van der Waals surface area contributed by atoms with Crippen molar-refractivity contribution in [1.82, 2.24) is 19.7 Å². The van der Waals surface area contributed by atoms with Gasteiger partial charge in [-0.2, -0.15) is 10.4 Å².